The highest BCUT2D eigenvalue weighted by Crippen LogP contribution is 2.35. The Morgan fingerprint density at radius 2 is 1.22 bits per heavy atom. The van der Waals surface area contributed by atoms with Crippen LogP contribution in [0.3, 0.4) is 0 Å². The van der Waals surface area contributed by atoms with Crippen LogP contribution in [0, 0.1) is 13.8 Å². The number of rotatable bonds is 5. The Bertz CT molecular complexity index is 1730. The first-order valence-corrected chi connectivity index (χ1v) is 13.0. The van der Waals surface area contributed by atoms with Gasteiger partial charge in [0.25, 0.3) is 0 Å². The van der Waals surface area contributed by atoms with Crippen LogP contribution in [-0.2, 0) is 6.42 Å². The van der Waals surface area contributed by atoms with Gasteiger partial charge >= 0.3 is 0 Å². The van der Waals surface area contributed by atoms with Crippen molar-refractivity contribution >= 4 is 33.2 Å². The zero-order valence-electron chi connectivity index (χ0n) is 21.4. The normalized spacial score (nSPS) is 11.8. The zero-order valence-corrected chi connectivity index (χ0v) is 21.4. The van der Waals surface area contributed by atoms with Gasteiger partial charge in [-0.3, -0.25) is 0 Å². The van der Waals surface area contributed by atoms with Crippen LogP contribution in [0.15, 0.2) is 127 Å². The van der Waals surface area contributed by atoms with E-state index >= 15 is 0 Å². The van der Waals surface area contributed by atoms with Crippen molar-refractivity contribution in [2.45, 2.75) is 20.3 Å². The van der Waals surface area contributed by atoms with E-state index < -0.39 is 0 Å². The number of fused-ring (bicyclic) bond motifs is 2. The van der Waals surface area contributed by atoms with Crippen molar-refractivity contribution in [1.29, 1.82) is 0 Å². The van der Waals surface area contributed by atoms with E-state index in [1.807, 2.05) is 0 Å². The summed E-state index contributed by atoms with van der Waals surface area (Å²) in [5.41, 5.74) is 10.4. The van der Waals surface area contributed by atoms with Gasteiger partial charge in [0, 0.05) is 0 Å². The van der Waals surface area contributed by atoms with Crippen LogP contribution in [-0.4, -0.2) is 0 Å². The van der Waals surface area contributed by atoms with Crippen LogP contribution in [0.5, 0.6) is 0 Å². The van der Waals surface area contributed by atoms with Gasteiger partial charge in [-0.1, -0.05) is 133 Å². The Morgan fingerprint density at radius 3 is 2.00 bits per heavy atom. The first kappa shape index (κ1) is 23.0. The second kappa shape index (κ2) is 9.91. The van der Waals surface area contributed by atoms with Crippen molar-refractivity contribution in [3.63, 3.8) is 0 Å². The third-order valence-electron chi connectivity index (χ3n) is 7.39. The van der Waals surface area contributed by atoms with Crippen molar-refractivity contribution in [3.8, 4) is 11.1 Å². The van der Waals surface area contributed by atoms with Gasteiger partial charge in [-0.2, -0.15) is 0 Å². The van der Waals surface area contributed by atoms with Crippen LogP contribution in [0.2, 0.25) is 0 Å². The van der Waals surface area contributed by atoms with E-state index in [1.54, 1.807) is 0 Å². The van der Waals surface area contributed by atoms with Gasteiger partial charge in [0.2, 0.25) is 0 Å². The average molecular weight is 475 g/mol. The van der Waals surface area contributed by atoms with Gasteiger partial charge in [0.15, 0.2) is 0 Å². The summed E-state index contributed by atoms with van der Waals surface area (Å²) in [5, 5.41) is 5.26. The predicted octanol–water partition coefficient (Wildman–Crippen LogP) is 10.1. The van der Waals surface area contributed by atoms with Crippen molar-refractivity contribution in [2.24, 2.45) is 0 Å². The molecule has 0 heteroatoms. The fourth-order valence-corrected chi connectivity index (χ4v) is 5.60. The van der Waals surface area contributed by atoms with Crippen molar-refractivity contribution < 1.29 is 0 Å². The number of aryl methyl sites for hydroxylation is 2. The van der Waals surface area contributed by atoms with Crippen molar-refractivity contribution in [2.75, 3.05) is 0 Å². The average Bonchev–Trinajstić information content (AvgIpc) is 2.94. The molecule has 0 bridgehead atoms. The molecule has 6 aromatic rings. The number of allylic oxidation sites excluding steroid dienone is 1. The molecule has 0 atom stereocenters. The molecule has 6 rings (SSSR count). The van der Waals surface area contributed by atoms with Gasteiger partial charge in [-0.15, -0.1) is 0 Å². The summed E-state index contributed by atoms with van der Waals surface area (Å²) in [6.45, 7) is 4.42. The molecular weight excluding hydrogens is 444 g/mol. The highest BCUT2D eigenvalue weighted by molar-refractivity contribution is 6.00. The Labute approximate surface area is 219 Å². The highest BCUT2D eigenvalue weighted by atomic mass is 14.1. The molecule has 0 aliphatic heterocycles. The van der Waals surface area contributed by atoms with Gasteiger partial charge in [0.1, 0.15) is 0 Å². The molecular formula is C37H30. The highest BCUT2D eigenvalue weighted by Gasteiger charge is 2.11. The number of benzene rings is 6. The third kappa shape index (κ3) is 4.59. The van der Waals surface area contributed by atoms with Crippen LogP contribution < -0.4 is 0 Å². The van der Waals surface area contributed by atoms with E-state index in [1.165, 1.54) is 66.1 Å². The summed E-state index contributed by atoms with van der Waals surface area (Å²) in [6, 6.07) is 46.2. The van der Waals surface area contributed by atoms with E-state index in [0.717, 1.165) is 6.42 Å². The van der Waals surface area contributed by atoms with Crippen LogP contribution in [0.1, 0.15) is 27.8 Å². The van der Waals surface area contributed by atoms with Crippen molar-refractivity contribution in [1.82, 2.24) is 0 Å². The molecule has 178 valence electrons. The fourth-order valence-electron chi connectivity index (χ4n) is 5.60. The standard InChI is InChI=1S/C37H30/c1-26-23-27(2)37(36-18-9-8-16-34(26)36)31-21-19-28(20-22-31)24-33(29-11-4-3-5-12-29)25-32-15-10-14-30-13-6-7-17-35(30)32/h3-24H,25H2,1-2H3/b33-24-. The maximum atomic E-state index is 2.35. The summed E-state index contributed by atoms with van der Waals surface area (Å²) >= 11 is 0. The lowest BCUT2D eigenvalue weighted by molar-refractivity contribution is 1.32. The van der Waals surface area contributed by atoms with E-state index in [-0.39, 0.29) is 0 Å². The SMILES string of the molecule is Cc1cc(C)c2ccccc2c1-c1ccc(/C=C(/Cc2cccc3ccccc23)c2ccccc2)cc1. The van der Waals surface area contributed by atoms with Crippen LogP contribution in [0.25, 0.3) is 44.3 Å². The molecule has 0 aromatic heterocycles. The van der Waals surface area contributed by atoms with E-state index in [0.29, 0.717) is 0 Å². The quantitative estimate of drug-likeness (QED) is 0.218. The van der Waals surface area contributed by atoms with Gasteiger partial charge < -0.3 is 0 Å². The molecule has 0 nitrogen and oxygen atoms in total. The summed E-state index contributed by atoms with van der Waals surface area (Å²) in [4.78, 5) is 0. The summed E-state index contributed by atoms with van der Waals surface area (Å²) < 4.78 is 0. The molecule has 0 aliphatic carbocycles. The lowest BCUT2D eigenvalue weighted by Gasteiger charge is -2.14. The molecule has 37 heavy (non-hydrogen) atoms. The smallest absolute Gasteiger partial charge is 0.00135 e. The van der Waals surface area contributed by atoms with Crippen molar-refractivity contribution in [3.05, 3.63) is 155 Å². The minimum atomic E-state index is 0.884. The Hall–Kier alpha value is -4.42. The van der Waals surface area contributed by atoms with E-state index in [9.17, 15) is 0 Å². The second-order valence-corrected chi connectivity index (χ2v) is 9.90. The summed E-state index contributed by atoms with van der Waals surface area (Å²) in [7, 11) is 0. The van der Waals surface area contributed by atoms with Gasteiger partial charge in [-0.05, 0) is 86.3 Å². The van der Waals surface area contributed by atoms with E-state index in [2.05, 4.69) is 147 Å². The lowest BCUT2D eigenvalue weighted by Crippen LogP contribution is -1.93. The minimum Gasteiger partial charge on any atom is -0.0622 e. The van der Waals surface area contributed by atoms with E-state index in [4.69, 9.17) is 0 Å². The largest absolute Gasteiger partial charge is 0.0622 e. The first-order chi connectivity index (χ1) is 18.2. The Balaban J connectivity index is 1.41. The lowest BCUT2D eigenvalue weighted by atomic mass is 9.90. The molecule has 0 heterocycles. The molecule has 0 unspecified atom stereocenters. The summed E-state index contributed by atoms with van der Waals surface area (Å²) in [6.07, 6.45) is 3.23. The Morgan fingerprint density at radius 1 is 0.568 bits per heavy atom. The van der Waals surface area contributed by atoms with Crippen LogP contribution >= 0.6 is 0 Å². The molecule has 0 aliphatic rings. The Kier molecular flexibility index (Phi) is 6.16. The van der Waals surface area contributed by atoms with Gasteiger partial charge in [0.05, 0.1) is 0 Å². The molecule has 0 saturated carbocycles. The summed E-state index contributed by atoms with van der Waals surface area (Å²) in [5.74, 6) is 0. The topological polar surface area (TPSA) is 0 Å². The monoisotopic (exact) mass is 474 g/mol. The van der Waals surface area contributed by atoms with Gasteiger partial charge in [-0.25, -0.2) is 0 Å². The molecule has 0 amide bonds. The zero-order chi connectivity index (χ0) is 25.2. The maximum absolute atomic E-state index is 2.35. The minimum absolute atomic E-state index is 0.884. The molecule has 0 saturated heterocycles. The molecule has 6 aromatic carbocycles. The maximum Gasteiger partial charge on any atom is -0.00135 e. The number of hydrogen-bond donors (Lipinski definition) is 0. The second-order valence-electron chi connectivity index (χ2n) is 9.90. The predicted molar refractivity (Wildman–Crippen MR) is 161 cm³/mol. The fraction of sp³-hybridized carbons (Fsp3) is 0.0811. The first-order valence-electron chi connectivity index (χ1n) is 13.0. The molecule has 0 radical (unpaired) electrons. The van der Waals surface area contributed by atoms with Crippen LogP contribution in [0.4, 0.5) is 0 Å². The molecule has 0 spiro atoms. The third-order valence-corrected chi connectivity index (χ3v) is 7.39. The molecule has 0 fully saturated rings. The number of hydrogen-bond acceptors (Lipinski definition) is 0. The molecule has 0 N–H and O–H groups in total.